The molecule has 1 fully saturated rings. The number of piperidine rings is 1. The second-order valence-corrected chi connectivity index (χ2v) is 6.19. The average Bonchev–Trinajstić information content (AvgIpc) is 2.69. The number of carbonyl (C=O) groups excluding carboxylic acids is 1. The number of rotatable bonds is 6. The molecule has 0 aliphatic carbocycles. The Kier molecular flexibility index (Phi) is 5.80. The van der Waals surface area contributed by atoms with Crippen molar-refractivity contribution < 1.29 is 14.5 Å². The largest absolute Gasteiger partial charge is 0.462 e. The molecule has 1 N–H and O–H groups in total. The van der Waals surface area contributed by atoms with Gasteiger partial charge in [0.1, 0.15) is 11.4 Å². The van der Waals surface area contributed by atoms with Crippen LogP contribution in [0.3, 0.4) is 0 Å². The summed E-state index contributed by atoms with van der Waals surface area (Å²) in [5.41, 5.74) is 0.525. The van der Waals surface area contributed by atoms with E-state index in [0.29, 0.717) is 0 Å². The lowest BCUT2D eigenvalue weighted by Crippen LogP contribution is -2.39. The van der Waals surface area contributed by atoms with Crippen LogP contribution in [0.15, 0.2) is 36.5 Å². The zero-order valence-corrected chi connectivity index (χ0v) is 15.0. The molecule has 0 atom stereocenters. The molecule has 0 amide bonds. The number of anilines is 2. The molecule has 0 saturated carbocycles. The fraction of sp³-hybridized carbons (Fsp3) is 0.389. The van der Waals surface area contributed by atoms with Crippen molar-refractivity contribution in [1.29, 1.82) is 0 Å². The van der Waals surface area contributed by atoms with E-state index >= 15 is 0 Å². The highest BCUT2D eigenvalue weighted by molar-refractivity contribution is 5.95. The number of carbonyl (C=O) groups is 1. The van der Waals surface area contributed by atoms with Gasteiger partial charge in [-0.3, -0.25) is 10.1 Å². The molecule has 9 nitrogen and oxygen atoms in total. The number of hydrogen-bond donors (Lipinski definition) is 1. The molecule has 142 valence electrons. The van der Waals surface area contributed by atoms with Crippen molar-refractivity contribution in [2.24, 2.45) is 0 Å². The number of hydrogen-bond acceptors (Lipinski definition) is 8. The van der Waals surface area contributed by atoms with Gasteiger partial charge < -0.3 is 15.0 Å². The zero-order chi connectivity index (χ0) is 19.2. The molecule has 1 aliphatic heterocycles. The Hall–Kier alpha value is -3.23. The van der Waals surface area contributed by atoms with Gasteiger partial charge >= 0.3 is 5.97 Å². The summed E-state index contributed by atoms with van der Waals surface area (Å²) in [6.07, 6.45) is 3.38. The molecule has 0 spiro atoms. The molecule has 27 heavy (non-hydrogen) atoms. The number of aromatic nitrogens is 2. The zero-order valence-electron chi connectivity index (χ0n) is 15.0. The van der Waals surface area contributed by atoms with Crippen molar-refractivity contribution in [3.8, 4) is 0 Å². The molecular weight excluding hydrogens is 350 g/mol. The van der Waals surface area contributed by atoms with E-state index in [0.717, 1.165) is 37.4 Å². The maximum Gasteiger partial charge on any atom is 0.345 e. The van der Waals surface area contributed by atoms with Crippen LogP contribution in [0.1, 0.15) is 30.1 Å². The number of nitrogens with zero attached hydrogens (tertiary/aromatic N) is 4. The Bertz CT molecular complexity index is 807. The second kappa shape index (κ2) is 8.43. The van der Waals surface area contributed by atoms with Crippen molar-refractivity contribution in [3.63, 3.8) is 0 Å². The molecule has 2 aromatic rings. The second-order valence-electron chi connectivity index (χ2n) is 6.19. The lowest BCUT2D eigenvalue weighted by Gasteiger charge is -2.34. The average molecular weight is 371 g/mol. The minimum Gasteiger partial charge on any atom is -0.462 e. The topological polar surface area (TPSA) is 110 Å². The fourth-order valence-corrected chi connectivity index (χ4v) is 3.12. The summed E-state index contributed by atoms with van der Waals surface area (Å²) in [7, 11) is 0. The Balaban J connectivity index is 1.69. The summed E-state index contributed by atoms with van der Waals surface area (Å²) >= 11 is 0. The maximum atomic E-state index is 12.1. The Morgan fingerprint density at radius 2 is 2.15 bits per heavy atom. The van der Waals surface area contributed by atoms with Gasteiger partial charge in [0, 0.05) is 37.1 Å². The summed E-state index contributed by atoms with van der Waals surface area (Å²) in [6.45, 7) is 3.36. The molecule has 9 heteroatoms. The normalized spacial score (nSPS) is 14.6. The number of benzene rings is 1. The minimum atomic E-state index is -0.676. The smallest absolute Gasteiger partial charge is 0.345 e. The highest BCUT2D eigenvalue weighted by atomic mass is 16.6. The molecule has 3 rings (SSSR count). The van der Waals surface area contributed by atoms with E-state index in [4.69, 9.17) is 4.74 Å². The predicted molar refractivity (Wildman–Crippen MR) is 99.9 cm³/mol. The first kappa shape index (κ1) is 18.6. The molecule has 0 bridgehead atoms. The highest BCUT2D eigenvalue weighted by Gasteiger charge is 2.25. The van der Waals surface area contributed by atoms with Crippen LogP contribution in [0.2, 0.25) is 0 Å². The van der Waals surface area contributed by atoms with E-state index in [1.807, 2.05) is 12.1 Å². The van der Waals surface area contributed by atoms with Gasteiger partial charge in [0.15, 0.2) is 0 Å². The van der Waals surface area contributed by atoms with Crippen LogP contribution in [0, 0.1) is 10.1 Å². The third-order valence-corrected chi connectivity index (χ3v) is 4.46. The number of esters is 1. The third-order valence-electron chi connectivity index (χ3n) is 4.46. The van der Waals surface area contributed by atoms with Gasteiger partial charge in [0.2, 0.25) is 0 Å². The molecule has 0 radical (unpaired) electrons. The maximum absolute atomic E-state index is 12.1. The van der Waals surface area contributed by atoms with E-state index in [1.54, 1.807) is 25.3 Å². The Morgan fingerprint density at radius 3 is 2.78 bits per heavy atom. The van der Waals surface area contributed by atoms with Crippen molar-refractivity contribution in [2.45, 2.75) is 25.8 Å². The number of nitro groups is 1. The molecule has 1 saturated heterocycles. The van der Waals surface area contributed by atoms with Crippen LogP contribution in [-0.2, 0) is 4.74 Å². The van der Waals surface area contributed by atoms with E-state index in [9.17, 15) is 14.9 Å². The van der Waals surface area contributed by atoms with Crippen molar-refractivity contribution >= 4 is 23.2 Å². The monoisotopic (exact) mass is 371 g/mol. The Morgan fingerprint density at radius 1 is 1.37 bits per heavy atom. The van der Waals surface area contributed by atoms with Gasteiger partial charge in [0.25, 0.3) is 5.69 Å². The summed E-state index contributed by atoms with van der Waals surface area (Å²) in [4.78, 5) is 24.8. The van der Waals surface area contributed by atoms with Gasteiger partial charge in [-0.2, -0.15) is 5.10 Å². The van der Waals surface area contributed by atoms with Crippen molar-refractivity contribution in [1.82, 2.24) is 10.2 Å². The van der Waals surface area contributed by atoms with Crippen molar-refractivity contribution in [2.75, 3.05) is 29.9 Å². The standard InChI is InChI=1S/C18H21N5O4/c1-2-27-18(24)15-12-14(5-6-16(15)23(25)26)22-10-7-13(8-11-22)20-17-4-3-9-19-21-17/h3-6,9,12-13H,2,7-8,10-11H2,1H3,(H,20,21). The summed E-state index contributed by atoms with van der Waals surface area (Å²) in [6, 6.07) is 8.58. The van der Waals surface area contributed by atoms with Crippen LogP contribution in [0.5, 0.6) is 0 Å². The minimum absolute atomic E-state index is 0.0147. The molecule has 1 aliphatic rings. The predicted octanol–water partition coefficient (Wildman–Crippen LogP) is 2.64. The highest BCUT2D eigenvalue weighted by Crippen LogP contribution is 2.28. The van der Waals surface area contributed by atoms with Gasteiger partial charge in [-0.15, -0.1) is 5.10 Å². The molecule has 1 aromatic carbocycles. The fourth-order valence-electron chi connectivity index (χ4n) is 3.12. The number of nitro benzene ring substituents is 1. The molecule has 1 aromatic heterocycles. The van der Waals surface area contributed by atoms with Crippen LogP contribution in [0.4, 0.5) is 17.2 Å². The lowest BCUT2D eigenvalue weighted by atomic mass is 10.0. The quantitative estimate of drug-likeness (QED) is 0.469. The lowest BCUT2D eigenvalue weighted by molar-refractivity contribution is -0.385. The number of ether oxygens (including phenoxy) is 1. The van der Waals surface area contributed by atoms with E-state index < -0.39 is 10.9 Å². The van der Waals surface area contributed by atoms with E-state index in [2.05, 4.69) is 20.4 Å². The van der Waals surface area contributed by atoms with Gasteiger partial charge in [-0.05, 0) is 44.0 Å². The van der Waals surface area contributed by atoms with E-state index in [-0.39, 0.29) is 23.9 Å². The summed E-state index contributed by atoms with van der Waals surface area (Å²) < 4.78 is 4.96. The third kappa shape index (κ3) is 4.49. The summed E-state index contributed by atoms with van der Waals surface area (Å²) in [5.74, 6) is 0.0705. The molecule has 2 heterocycles. The van der Waals surface area contributed by atoms with Gasteiger partial charge in [-0.25, -0.2) is 4.79 Å². The summed E-state index contributed by atoms with van der Waals surface area (Å²) in [5, 5.41) is 22.4. The molecular formula is C18H21N5O4. The van der Waals surface area contributed by atoms with Crippen LogP contribution >= 0.6 is 0 Å². The van der Waals surface area contributed by atoms with Crippen LogP contribution in [-0.4, -0.2) is 46.8 Å². The van der Waals surface area contributed by atoms with Crippen molar-refractivity contribution in [3.05, 3.63) is 52.2 Å². The van der Waals surface area contributed by atoms with Gasteiger partial charge in [0.05, 0.1) is 11.5 Å². The Labute approximate surface area is 156 Å². The molecule has 0 unspecified atom stereocenters. The SMILES string of the molecule is CCOC(=O)c1cc(N2CCC(Nc3cccnn3)CC2)ccc1[N+](=O)[O-]. The first-order valence-electron chi connectivity index (χ1n) is 8.83. The van der Waals surface area contributed by atoms with Crippen LogP contribution in [0.25, 0.3) is 0 Å². The van der Waals surface area contributed by atoms with E-state index in [1.165, 1.54) is 6.07 Å². The number of nitrogens with one attached hydrogen (secondary N) is 1. The van der Waals surface area contributed by atoms with Crippen LogP contribution < -0.4 is 10.2 Å². The first-order valence-corrected chi connectivity index (χ1v) is 8.83. The van der Waals surface area contributed by atoms with Gasteiger partial charge in [-0.1, -0.05) is 0 Å². The first-order chi connectivity index (χ1) is 13.1.